The summed E-state index contributed by atoms with van der Waals surface area (Å²) in [6.07, 6.45) is 4.62. The molecule has 1 radical (unpaired) electrons. The summed E-state index contributed by atoms with van der Waals surface area (Å²) < 4.78 is 0. The lowest BCUT2D eigenvalue weighted by Crippen LogP contribution is -2.39. The average molecular weight is 311 g/mol. The lowest BCUT2D eigenvalue weighted by Gasteiger charge is -2.26. The van der Waals surface area contributed by atoms with Crippen LogP contribution in [0.2, 0.25) is 0 Å². The smallest absolute Gasteiger partial charge is 0.319 e. The van der Waals surface area contributed by atoms with Crippen LogP contribution in [0, 0.1) is 13.3 Å². The molecule has 1 aromatic carbocycles. The summed E-state index contributed by atoms with van der Waals surface area (Å²) in [5.74, 6) is 0. The Morgan fingerprint density at radius 3 is 2.87 bits per heavy atom. The van der Waals surface area contributed by atoms with E-state index in [0.717, 1.165) is 54.8 Å². The molecule has 0 unspecified atom stereocenters. The number of hydrogen-bond acceptors (Lipinski definition) is 3. The number of aryl methyl sites for hydroxylation is 1. The van der Waals surface area contributed by atoms with Gasteiger partial charge < -0.3 is 15.5 Å². The van der Waals surface area contributed by atoms with Crippen molar-refractivity contribution in [1.82, 2.24) is 15.2 Å². The summed E-state index contributed by atoms with van der Waals surface area (Å²) in [7, 11) is 0. The maximum absolute atomic E-state index is 12.1. The minimum atomic E-state index is -0.163. The number of nitrogens with zero attached hydrogens (tertiary/aromatic N) is 2. The van der Waals surface area contributed by atoms with Crippen molar-refractivity contribution in [2.24, 2.45) is 0 Å². The highest BCUT2D eigenvalue weighted by molar-refractivity contribution is 6.00. The molecule has 2 N–H and O–H groups in total. The second-order valence-corrected chi connectivity index (χ2v) is 5.92. The molecule has 5 nitrogen and oxygen atoms in total. The lowest BCUT2D eigenvalue weighted by molar-refractivity contribution is 0.239. The molecule has 121 valence electrons. The molecule has 1 saturated heterocycles. The number of urea groups is 1. The molecule has 1 fully saturated rings. The number of hydrogen-bond donors (Lipinski definition) is 2. The molecular formula is C18H23N4O. The van der Waals surface area contributed by atoms with E-state index in [4.69, 9.17) is 0 Å². The van der Waals surface area contributed by atoms with E-state index in [1.807, 2.05) is 37.3 Å². The summed E-state index contributed by atoms with van der Waals surface area (Å²) >= 11 is 0. The van der Waals surface area contributed by atoms with Gasteiger partial charge in [0.2, 0.25) is 0 Å². The van der Waals surface area contributed by atoms with Crippen molar-refractivity contribution >= 4 is 22.6 Å². The summed E-state index contributed by atoms with van der Waals surface area (Å²) in [6.45, 7) is 5.68. The standard InChI is InChI=1S/C18H23N4O/c1-14-13-17(15-7-3-4-8-16(15)20-14)21-18(23)19-9-12-22-10-5-2-6-11-22/h2-4,7-8,13H,5-6,9-12H2,1H3,(H2,19,20,21,23). The van der Waals surface area contributed by atoms with E-state index >= 15 is 0 Å². The van der Waals surface area contributed by atoms with E-state index in [-0.39, 0.29) is 6.03 Å². The van der Waals surface area contributed by atoms with Gasteiger partial charge in [-0.05, 0) is 51.4 Å². The molecule has 0 saturated carbocycles. The van der Waals surface area contributed by atoms with Crippen molar-refractivity contribution in [2.45, 2.75) is 19.8 Å². The molecule has 1 aliphatic rings. The van der Waals surface area contributed by atoms with Gasteiger partial charge in [-0.3, -0.25) is 4.98 Å². The van der Waals surface area contributed by atoms with Gasteiger partial charge in [0.05, 0.1) is 11.2 Å². The van der Waals surface area contributed by atoms with Gasteiger partial charge in [-0.25, -0.2) is 4.79 Å². The molecule has 23 heavy (non-hydrogen) atoms. The third kappa shape index (κ3) is 4.20. The Morgan fingerprint density at radius 1 is 1.26 bits per heavy atom. The number of amides is 2. The van der Waals surface area contributed by atoms with Crippen LogP contribution in [0.1, 0.15) is 18.5 Å². The van der Waals surface area contributed by atoms with Crippen LogP contribution in [0.25, 0.3) is 10.9 Å². The van der Waals surface area contributed by atoms with Crippen molar-refractivity contribution in [2.75, 3.05) is 31.5 Å². The molecule has 2 heterocycles. The fourth-order valence-electron chi connectivity index (χ4n) is 2.93. The van der Waals surface area contributed by atoms with E-state index < -0.39 is 0 Å². The number of benzene rings is 1. The van der Waals surface area contributed by atoms with Crippen LogP contribution in [-0.2, 0) is 0 Å². The monoisotopic (exact) mass is 311 g/mol. The molecule has 0 bridgehead atoms. The number of anilines is 1. The van der Waals surface area contributed by atoms with E-state index in [1.54, 1.807) is 0 Å². The molecule has 1 aromatic heterocycles. The Bertz CT molecular complexity index is 680. The van der Waals surface area contributed by atoms with Crippen LogP contribution in [-0.4, -0.2) is 42.1 Å². The van der Waals surface area contributed by atoms with Gasteiger partial charge in [0.15, 0.2) is 0 Å². The number of aromatic nitrogens is 1. The van der Waals surface area contributed by atoms with E-state index in [2.05, 4.69) is 26.9 Å². The zero-order valence-electron chi connectivity index (χ0n) is 13.5. The first kappa shape index (κ1) is 15.7. The Labute approximate surface area is 137 Å². The van der Waals surface area contributed by atoms with Crippen molar-refractivity contribution in [3.8, 4) is 0 Å². The van der Waals surface area contributed by atoms with Crippen LogP contribution in [0.5, 0.6) is 0 Å². The van der Waals surface area contributed by atoms with E-state index in [0.29, 0.717) is 6.54 Å². The lowest BCUT2D eigenvalue weighted by atomic mass is 10.1. The van der Waals surface area contributed by atoms with Gasteiger partial charge in [0, 0.05) is 24.2 Å². The normalized spacial score (nSPS) is 15.5. The summed E-state index contributed by atoms with van der Waals surface area (Å²) in [4.78, 5) is 19.0. The number of nitrogens with one attached hydrogen (secondary N) is 2. The molecule has 2 amide bonds. The van der Waals surface area contributed by atoms with Gasteiger partial charge in [-0.1, -0.05) is 18.2 Å². The Morgan fingerprint density at radius 2 is 2.04 bits per heavy atom. The van der Waals surface area contributed by atoms with Crippen LogP contribution in [0.4, 0.5) is 10.5 Å². The van der Waals surface area contributed by atoms with Crippen molar-refractivity contribution < 1.29 is 4.79 Å². The highest BCUT2D eigenvalue weighted by Crippen LogP contribution is 2.22. The first-order chi connectivity index (χ1) is 11.2. The zero-order valence-corrected chi connectivity index (χ0v) is 13.5. The number of piperidine rings is 1. The molecule has 3 rings (SSSR count). The SMILES string of the molecule is Cc1cc(NC(=O)NCCN2CC[CH]CC2)c2ccccc2n1. The van der Waals surface area contributed by atoms with Gasteiger partial charge in [0.1, 0.15) is 0 Å². The topological polar surface area (TPSA) is 57.3 Å². The van der Waals surface area contributed by atoms with Crippen molar-refractivity contribution in [3.63, 3.8) is 0 Å². The Balaban J connectivity index is 1.57. The minimum Gasteiger partial charge on any atom is -0.337 e. The van der Waals surface area contributed by atoms with Crippen LogP contribution >= 0.6 is 0 Å². The molecular weight excluding hydrogens is 288 g/mol. The van der Waals surface area contributed by atoms with E-state index in [9.17, 15) is 4.79 Å². The van der Waals surface area contributed by atoms with Gasteiger partial charge in [-0.15, -0.1) is 0 Å². The molecule has 1 aliphatic heterocycles. The number of pyridine rings is 1. The van der Waals surface area contributed by atoms with Crippen LogP contribution in [0.3, 0.4) is 0 Å². The fraction of sp³-hybridized carbons (Fsp3) is 0.389. The van der Waals surface area contributed by atoms with Gasteiger partial charge in [-0.2, -0.15) is 0 Å². The maximum Gasteiger partial charge on any atom is 0.319 e. The fourth-order valence-corrected chi connectivity index (χ4v) is 2.93. The quantitative estimate of drug-likeness (QED) is 0.912. The first-order valence-electron chi connectivity index (χ1n) is 8.17. The highest BCUT2D eigenvalue weighted by atomic mass is 16.2. The molecule has 0 atom stereocenters. The predicted octanol–water partition coefficient (Wildman–Crippen LogP) is 2.96. The summed E-state index contributed by atoms with van der Waals surface area (Å²) in [6, 6.07) is 9.58. The predicted molar refractivity (Wildman–Crippen MR) is 93.5 cm³/mol. The third-order valence-electron chi connectivity index (χ3n) is 4.10. The third-order valence-corrected chi connectivity index (χ3v) is 4.10. The molecule has 2 aromatic rings. The molecule has 5 heteroatoms. The van der Waals surface area contributed by atoms with Gasteiger partial charge >= 0.3 is 6.03 Å². The number of para-hydroxylation sites is 1. The number of rotatable bonds is 4. The summed E-state index contributed by atoms with van der Waals surface area (Å²) in [5.41, 5.74) is 2.59. The van der Waals surface area contributed by atoms with Crippen LogP contribution in [0.15, 0.2) is 30.3 Å². The number of carbonyl (C=O) groups is 1. The minimum absolute atomic E-state index is 0.163. The second kappa shape index (κ2) is 7.42. The number of likely N-dealkylation sites (tertiary alicyclic amines) is 1. The zero-order chi connectivity index (χ0) is 16.1. The Kier molecular flexibility index (Phi) is 5.08. The van der Waals surface area contributed by atoms with E-state index in [1.165, 1.54) is 0 Å². The average Bonchev–Trinajstić information content (AvgIpc) is 2.55. The molecule has 0 aliphatic carbocycles. The maximum atomic E-state index is 12.1. The highest BCUT2D eigenvalue weighted by Gasteiger charge is 2.11. The summed E-state index contributed by atoms with van der Waals surface area (Å²) in [5, 5.41) is 6.85. The molecule has 0 spiro atoms. The second-order valence-electron chi connectivity index (χ2n) is 5.92. The Hall–Kier alpha value is -2.14. The van der Waals surface area contributed by atoms with Gasteiger partial charge in [0.25, 0.3) is 0 Å². The van der Waals surface area contributed by atoms with Crippen molar-refractivity contribution in [1.29, 1.82) is 0 Å². The van der Waals surface area contributed by atoms with Crippen LogP contribution < -0.4 is 10.6 Å². The number of carbonyl (C=O) groups excluding carboxylic acids is 1. The number of fused-ring (bicyclic) bond motifs is 1. The largest absolute Gasteiger partial charge is 0.337 e. The first-order valence-corrected chi connectivity index (χ1v) is 8.17. The van der Waals surface area contributed by atoms with Crippen molar-refractivity contribution in [3.05, 3.63) is 42.4 Å².